The number of nitrogens with zero attached hydrogens (tertiary/aromatic N) is 1. The van der Waals surface area contributed by atoms with Gasteiger partial charge in [-0.05, 0) is 23.8 Å². The van der Waals surface area contributed by atoms with Crippen molar-refractivity contribution in [2.24, 2.45) is 10.7 Å². The fourth-order valence-electron chi connectivity index (χ4n) is 3.42. The standard InChI is InChI=1S/C18H17F2N3O2/c19-18(20)10-23-16(22)25-17(18)9-15(11-4-2-1-3-5-11)24-14-7-6-12(21)8-13(14)17/h1-8,15H,9-10,21H2,(H2,22,23)/t15?,17-/m1/s1. The fourth-order valence-corrected chi connectivity index (χ4v) is 3.42. The number of anilines is 1. The van der Waals surface area contributed by atoms with Crippen molar-refractivity contribution in [3.8, 4) is 5.75 Å². The molecule has 2 aliphatic rings. The number of alkyl halides is 2. The van der Waals surface area contributed by atoms with E-state index >= 15 is 8.78 Å². The van der Waals surface area contributed by atoms with Crippen molar-refractivity contribution in [2.45, 2.75) is 24.0 Å². The second kappa shape index (κ2) is 5.34. The number of hydrogen-bond acceptors (Lipinski definition) is 5. The second-order valence-electron chi connectivity index (χ2n) is 6.26. The van der Waals surface area contributed by atoms with Gasteiger partial charge in [0, 0.05) is 17.7 Å². The van der Waals surface area contributed by atoms with Gasteiger partial charge in [0.25, 0.3) is 6.02 Å². The van der Waals surface area contributed by atoms with Crippen molar-refractivity contribution in [3.05, 3.63) is 59.7 Å². The predicted octanol–water partition coefficient (Wildman–Crippen LogP) is 2.97. The summed E-state index contributed by atoms with van der Waals surface area (Å²) in [5, 5.41) is 0. The number of ether oxygens (including phenoxy) is 2. The van der Waals surface area contributed by atoms with Gasteiger partial charge in [0.2, 0.25) is 5.60 Å². The third-order valence-corrected chi connectivity index (χ3v) is 4.66. The van der Waals surface area contributed by atoms with Gasteiger partial charge >= 0.3 is 5.92 Å². The van der Waals surface area contributed by atoms with E-state index in [9.17, 15) is 0 Å². The number of rotatable bonds is 1. The largest absolute Gasteiger partial charge is 0.485 e. The lowest BCUT2D eigenvalue weighted by Crippen LogP contribution is -2.57. The molecule has 1 spiro atoms. The van der Waals surface area contributed by atoms with Gasteiger partial charge in [-0.25, -0.2) is 4.99 Å². The van der Waals surface area contributed by atoms with Crippen LogP contribution in [0.15, 0.2) is 53.5 Å². The van der Waals surface area contributed by atoms with Crippen LogP contribution >= 0.6 is 0 Å². The molecule has 2 heterocycles. The first-order valence-corrected chi connectivity index (χ1v) is 7.90. The van der Waals surface area contributed by atoms with Gasteiger partial charge in [-0.15, -0.1) is 0 Å². The lowest BCUT2D eigenvalue weighted by Gasteiger charge is -2.47. The average molecular weight is 345 g/mol. The van der Waals surface area contributed by atoms with Crippen molar-refractivity contribution in [3.63, 3.8) is 0 Å². The minimum absolute atomic E-state index is 0.101. The van der Waals surface area contributed by atoms with E-state index in [0.29, 0.717) is 11.4 Å². The normalized spacial score (nSPS) is 27.0. The zero-order valence-corrected chi connectivity index (χ0v) is 13.3. The maximum absolute atomic E-state index is 15.0. The topological polar surface area (TPSA) is 82.9 Å². The molecule has 1 unspecified atom stereocenters. The molecule has 7 heteroatoms. The predicted molar refractivity (Wildman–Crippen MR) is 89.5 cm³/mol. The van der Waals surface area contributed by atoms with E-state index in [4.69, 9.17) is 20.9 Å². The number of benzene rings is 2. The summed E-state index contributed by atoms with van der Waals surface area (Å²) in [6.45, 7) is -0.741. The maximum Gasteiger partial charge on any atom is 0.310 e. The molecule has 0 amide bonds. The second-order valence-corrected chi connectivity index (χ2v) is 6.26. The molecular formula is C18H17F2N3O2. The first-order chi connectivity index (χ1) is 11.9. The highest BCUT2D eigenvalue weighted by Gasteiger charge is 2.63. The molecule has 0 radical (unpaired) electrons. The zero-order chi connectivity index (χ0) is 17.7. The number of halogens is 2. The Morgan fingerprint density at radius 1 is 1.08 bits per heavy atom. The highest BCUT2D eigenvalue weighted by atomic mass is 19.3. The molecule has 2 aromatic rings. The molecule has 0 fully saturated rings. The number of nitrogens with two attached hydrogens (primary N) is 2. The first kappa shape index (κ1) is 15.7. The van der Waals surface area contributed by atoms with Gasteiger partial charge < -0.3 is 20.9 Å². The van der Waals surface area contributed by atoms with E-state index in [1.165, 1.54) is 6.07 Å². The lowest BCUT2D eigenvalue weighted by atomic mass is 9.77. The third kappa shape index (κ3) is 2.38. The van der Waals surface area contributed by atoms with Crippen LogP contribution in [0.25, 0.3) is 0 Å². The molecule has 0 aliphatic carbocycles. The molecular weight excluding hydrogens is 328 g/mol. The van der Waals surface area contributed by atoms with E-state index < -0.39 is 24.2 Å². The van der Waals surface area contributed by atoms with E-state index in [2.05, 4.69) is 4.99 Å². The van der Waals surface area contributed by atoms with E-state index in [1.807, 2.05) is 30.3 Å². The quantitative estimate of drug-likeness (QED) is 0.779. The molecule has 4 rings (SSSR count). The van der Waals surface area contributed by atoms with Crippen LogP contribution in [0.5, 0.6) is 5.75 Å². The number of amidine groups is 1. The Morgan fingerprint density at radius 3 is 2.60 bits per heavy atom. The Bertz CT molecular complexity index is 841. The SMILES string of the molecule is NC1=NCC(F)(F)[C@]2(CC(c3ccccc3)Oc3ccc(N)cc32)O1. The van der Waals surface area contributed by atoms with Crippen LogP contribution in [0.4, 0.5) is 14.5 Å². The highest BCUT2D eigenvalue weighted by Crippen LogP contribution is 2.55. The molecule has 0 saturated carbocycles. The molecule has 25 heavy (non-hydrogen) atoms. The van der Waals surface area contributed by atoms with Gasteiger partial charge in [-0.2, -0.15) is 8.78 Å². The summed E-state index contributed by atoms with van der Waals surface area (Å²) in [7, 11) is 0. The molecule has 2 aliphatic heterocycles. The van der Waals surface area contributed by atoms with Gasteiger partial charge in [-0.3, -0.25) is 0 Å². The van der Waals surface area contributed by atoms with Crippen LogP contribution in [0.1, 0.15) is 23.7 Å². The van der Waals surface area contributed by atoms with Crippen LogP contribution in [0, 0.1) is 0 Å². The Kier molecular flexibility index (Phi) is 3.35. The Hall–Kier alpha value is -2.83. The molecule has 4 N–H and O–H groups in total. The minimum Gasteiger partial charge on any atom is -0.485 e. The summed E-state index contributed by atoms with van der Waals surface area (Å²) in [6.07, 6.45) is -0.703. The summed E-state index contributed by atoms with van der Waals surface area (Å²) in [5.74, 6) is -2.95. The molecule has 5 nitrogen and oxygen atoms in total. The molecule has 0 bridgehead atoms. The number of hydrogen-bond donors (Lipinski definition) is 2. The fraction of sp³-hybridized carbons (Fsp3) is 0.278. The van der Waals surface area contributed by atoms with Gasteiger partial charge in [0.15, 0.2) is 0 Å². The molecule has 2 atom stereocenters. The van der Waals surface area contributed by atoms with Crippen LogP contribution in [-0.2, 0) is 10.3 Å². The first-order valence-electron chi connectivity index (χ1n) is 7.90. The van der Waals surface area contributed by atoms with E-state index in [-0.39, 0.29) is 18.0 Å². The monoisotopic (exact) mass is 345 g/mol. The van der Waals surface area contributed by atoms with Crippen molar-refractivity contribution in [1.29, 1.82) is 0 Å². The van der Waals surface area contributed by atoms with Crippen molar-refractivity contribution in [2.75, 3.05) is 12.3 Å². The lowest BCUT2D eigenvalue weighted by molar-refractivity contribution is -0.202. The van der Waals surface area contributed by atoms with Gasteiger partial charge in [-0.1, -0.05) is 30.3 Å². The summed E-state index contributed by atoms with van der Waals surface area (Å²) in [4.78, 5) is 3.58. The van der Waals surface area contributed by atoms with Crippen molar-refractivity contribution >= 4 is 11.7 Å². The molecule has 2 aromatic carbocycles. The molecule has 0 aromatic heterocycles. The van der Waals surface area contributed by atoms with Gasteiger partial charge in [0.05, 0.1) is 0 Å². The summed E-state index contributed by atoms with van der Waals surface area (Å²) in [5.41, 5.74) is 10.8. The van der Waals surface area contributed by atoms with Crippen LogP contribution in [0.2, 0.25) is 0 Å². The smallest absolute Gasteiger partial charge is 0.310 e. The Morgan fingerprint density at radius 2 is 1.84 bits per heavy atom. The number of nitrogen functional groups attached to an aromatic ring is 1. The summed E-state index contributed by atoms with van der Waals surface area (Å²) >= 11 is 0. The van der Waals surface area contributed by atoms with Crippen LogP contribution < -0.4 is 16.2 Å². The summed E-state index contributed by atoms with van der Waals surface area (Å²) in [6, 6.07) is 13.6. The van der Waals surface area contributed by atoms with E-state index in [0.717, 1.165) is 5.56 Å². The summed E-state index contributed by atoms with van der Waals surface area (Å²) < 4.78 is 41.6. The maximum atomic E-state index is 15.0. The van der Waals surface area contributed by atoms with E-state index in [1.54, 1.807) is 12.1 Å². The highest BCUT2D eigenvalue weighted by molar-refractivity contribution is 5.74. The average Bonchev–Trinajstić information content (AvgIpc) is 2.60. The molecule has 130 valence electrons. The molecule has 0 saturated heterocycles. The Labute approximate surface area is 143 Å². The number of aliphatic imine (C=N–C) groups is 1. The van der Waals surface area contributed by atoms with Gasteiger partial charge in [0.1, 0.15) is 18.4 Å². The van der Waals surface area contributed by atoms with Crippen molar-refractivity contribution < 1.29 is 18.3 Å². The van der Waals surface area contributed by atoms with Crippen LogP contribution in [0.3, 0.4) is 0 Å². The number of fused-ring (bicyclic) bond motifs is 2. The Balaban J connectivity index is 1.90. The zero-order valence-electron chi connectivity index (χ0n) is 13.3. The van der Waals surface area contributed by atoms with Crippen LogP contribution in [-0.4, -0.2) is 18.5 Å². The third-order valence-electron chi connectivity index (χ3n) is 4.66. The van der Waals surface area contributed by atoms with Crippen molar-refractivity contribution in [1.82, 2.24) is 0 Å². The minimum atomic E-state index is -3.25.